The highest BCUT2D eigenvalue weighted by atomic mass is 35.5. The molecule has 4 rings (SSSR count). The van der Waals surface area contributed by atoms with Gasteiger partial charge in [-0.15, -0.1) is 0 Å². The predicted molar refractivity (Wildman–Crippen MR) is 99.1 cm³/mol. The maximum atomic E-state index is 14.4. The highest BCUT2D eigenvalue weighted by molar-refractivity contribution is 7.71. The average Bonchev–Trinajstić information content (AvgIpc) is 3.19. The van der Waals surface area contributed by atoms with Gasteiger partial charge in [-0.05, 0) is 55.2 Å². The summed E-state index contributed by atoms with van der Waals surface area (Å²) in [6, 6.07) is 6.40. The van der Waals surface area contributed by atoms with Crippen molar-refractivity contribution in [3.8, 4) is 0 Å². The van der Waals surface area contributed by atoms with Crippen LogP contribution in [0.3, 0.4) is 0 Å². The second-order valence-corrected chi connectivity index (χ2v) is 7.28. The Bertz CT molecular complexity index is 1010. The number of imidazole rings is 1. The third kappa shape index (κ3) is 3.08. The molecule has 1 unspecified atom stereocenters. The molecular weight excluding hydrogens is 376 g/mol. The van der Waals surface area contributed by atoms with Gasteiger partial charge in [-0.2, -0.15) is 0 Å². The molecule has 1 aliphatic heterocycles. The van der Waals surface area contributed by atoms with E-state index < -0.39 is 11.6 Å². The van der Waals surface area contributed by atoms with E-state index in [1.54, 1.807) is 6.20 Å². The van der Waals surface area contributed by atoms with Gasteiger partial charge in [0.25, 0.3) is 0 Å². The first kappa shape index (κ1) is 17.4. The minimum Gasteiger partial charge on any atom is -0.334 e. The van der Waals surface area contributed by atoms with Crippen molar-refractivity contribution < 1.29 is 8.78 Å². The third-order valence-electron chi connectivity index (χ3n) is 4.89. The molecule has 0 bridgehead atoms. The SMILES string of the molecule is Fc1ccc(Cl)c(F)c1C1Cc2c(CCc3cccnc3)[nH]c(=S)n2C1. The van der Waals surface area contributed by atoms with E-state index in [4.69, 9.17) is 23.8 Å². The average molecular weight is 392 g/mol. The van der Waals surface area contributed by atoms with Crippen molar-refractivity contribution in [1.82, 2.24) is 14.5 Å². The van der Waals surface area contributed by atoms with Gasteiger partial charge in [-0.25, -0.2) is 8.78 Å². The molecule has 134 valence electrons. The zero-order valence-corrected chi connectivity index (χ0v) is 15.4. The predicted octanol–water partition coefficient (Wildman–Crippen LogP) is 5.00. The number of hydrogen-bond donors (Lipinski definition) is 1. The Kier molecular flexibility index (Phi) is 4.63. The number of pyridine rings is 1. The lowest BCUT2D eigenvalue weighted by molar-refractivity contribution is 0.513. The highest BCUT2D eigenvalue weighted by Gasteiger charge is 2.31. The number of fused-ring (bicyclic) bond motifs is 1. The number of rotatable bonds is 4. The van der Waals surface area contributed by atoms with Crippen molar-refractivity contribution in [2.75, 3.05) is 0 Å². The molecule has 0 aliphatic carbocycles. The molecule has 7 heteroatoms. The van der Waals surface area contributed by atoms with Crippen LogP contribution in [0.2, 0.25) is 5.02 Å². The summed E-state index contributed by atoms with van der Waals surface area (Å²) in [5.41, 5.74) is 3.22. The minimum atomic E-state index is -0.672. The van der Waals surface area contributed by atoms with E-state index >= 15 is 0 Å². The monoisotopic (exact) mass is 391 g/mol. The Balaban J connectivity index is 1.60. The molecule has 3 nitrogen and oxygen atoms in total. The summed E-state index contributed by atoms with van der Waals surface area (Å²) in [5.74, 6) is -1.54. The maximum absolute atomic E-state index is 14.4. The van der Waals surface area contributed by atoms with Crippen molar-refractivity contribution in [1.29, 1.82) is 0 Å². The first-order chi connectivity index (χ1) is 12.5. The standard InChI is InChI=1S/C19H16ClF2N3S/c20-13-4-5-14(21)17(18(13)22)12-8-16-15(24-19(26)25(16)10-12)6-3-11-2-1-7-23-9-11/h1-2,4-5,7,9,12H,3,6,8,10H2,(H,24,26). The Morgan fingerprint density at radius 1 is 1.27 bits per heavy atom. The van der Waals surface area contributed by atoms with Gasteiger partial charge in [0, 0.05) is 41.8 Å². The number of aromatic amines is 1. The van der Waals surface area contributed by atoms with Crippen LogP contribution >= 0.6 is 23.8 Å². The smallest absolute Gasteiger partial charge is 0.177 e. The summed E-state index contributed by atoms with van der Waals surface area (Å²) in [6.07, 6.45) is 5.70. The molecule has 0 radical (unpaired) electrons. The van der Waals surface area contributed by atoms with Crippen LogP contribution in [0.4, 0.5) is 8.78 Å². The van der Waals surface area contributed by atoms with Gasteiger partial charge in [0.15, 0.2) is 4.77 Å². The first-order valence-electron chi connectivity index (χ1n) is 8.37. The van der Waals surface area contributed by atoms with Gasteiger partial charge < -0.3 is 9.55 Å². The summed E-state index contributed by atoms with van der Waals surface area (Å²) in [6.45, 7) is 0.450. The van der Waals surface area contributed by atoms with Gasteiger partial charge in [0.05, 0.1) is 5.02 Å². The largest absolute Gasteiger partial charge is 0.334 e. The van der Waals surface area contributed by atoms with Crippen molar-refractivity contribution in [3.63, 3.8) is 0 Å². The van der Waals surface area contributed by atoms with E-state index in [1.165, 1.54) is 12.1 Å². The van der Waals surface area contributed by atoms with E-state index in [-0.39, 0.29) is 16.5 Å². The number of aryl methyl sites for hydroxylation is 2. The number of halogens is 3. The van der Waals surface area contributed by atoms with E-state index in [0.29, 0.717) is 17.7 Å². The second kappa shape index (κ2) is 6.93. The summed E-state index contributed by atoms with van der Waals surface area (Å²) in [5, 5.41) is -0.0556. The molecule has 0 amide bonds. The molecule has 0 fully saturated rings. The molecule has 26 heavy (non-hydrogen) atoms. The van der Waals surface area contributed by atoms with Crippen LogP contribution in [0.5, 0.6) is 0 Å². The normalized spacial score (nSPS) is 16.0. The molecule has 3 heterocycles. The van der Waals surface area contributed by atoms with Gasteiger partial charge in [-0.1, -0.05) is 17.7 Å². The number of aromatic nitrogens is 3. The topological polar surface area (TPSA) is 33.6 Å². The van der Waals surface area contributed by atoms with Crippen LogP contribution < -0.4 is 0 Å². The number of nitrogens with zero attached hydrogens (tertiary/aromatic N) is 2. The van der Waals surface area contributed by atoms with Gasteiger partial charge >= 0.3 is 0 Å². The molecule has 2 aromatic heterocycles. The van der Waals surface area contributed by atoms with Crippen LogP contribution in [0, 0.1) is 16.4 Å². The minimum absolute atomic E-state index is 0.0498. The van der Waals surface area contributed by atoms with E-state index in [2.05, 4.69) is 9.97 Å². The first-order valence-corrected chi connectivity index (χ1v) is 9.16. The number of hydrogen-bond acceptors (Lipinski definition) is 2. The molecule has 0 spiro atoms. The number of H-pyrrole nitrogens is 1. The summed E-state index contributed by atoms with van der Waals surface area (Å²) in [7, 11) is 0. The Morgan fingerprint density at radius 2 is 2.12 bits per heavy atom. The van der Waals surface area contributed by atoms with E-state index in [9.17, 15) is 8.78 Å². The van der Waals surface area contributed by atoms with Crippen molar-refractivity contribution in [2.24, 2.45) is 0 Å². The molecule has 1 aliphatic rings. The summed E-state index contributed by atoms with van der Waals surface area (Å²) in [4.78, 5) is 7.36. The van der Waals surface area contributed by atoms with Crippen LogP contribution in [-0.2, 0) is 25.8 Å². The Morgan fingerprint density at radius 3 is 2.88 bits per heavy atom. The lowest BCUT2D eigenvalue weighted by Crippen LogP contribution is -2.08. The fourth-order valence-corrected chi connectivity index (χ4v) is 4.10. The molecule has 1 N–H and O–H groups in total. The lowest BCUT2D eigenvalue weighted by Gasteiger charge is -2.13. The molecular formula is C19H16ClF2N3S. The summed E-state index contributed by atoms with van der Waals surface area (Å²) < 4.78 is 31.2. The third-order valence-corrected chi connectivity index (χ3v) is 5.51. The Labute approximate surface area is 159 Å². The fourth-order valence-electron chi connectivity index (χ4n) is 3.63. The van der Waals surface area contributed by atoms with Crippen LogP contribution in [0.1, 0.15) is 28.4 Å². The number of nitrogens with one attached hydrogen (secondary N) is 1. The maximum Gasteiger partial charge on any atom is 0.177 e. The van der Waals surface area contributed by atoms with Crippen LogP contribution in [0.15, 0.2) is 36.7 Å². The highest BCUT2D eigenvalue weighted by Crippen LogP contribution is 2.36. The fraction of sp³-hybridized carbons (Fsp3) is 0.263. The molecule has 0 saturated carbocycles. The second-order valence-electron chi connectivity index (χ2n) is 6.49. The molecule has 3 aromatic rings. The summed E-state index contributed by atoms with van der Waals surface area (Å²) >= 11 is 11.3. The van der Waals surface area contributed by atoms with Crippen molar-refractivity contribution >= 4 is 23.8 Å². The zero-order valence-electron chi connectivity index (χ0n) is 13.8. The zero-order chi connectivity index (χ0) is 18.3. The lowest BCUT2D eigenvalue weighted by atomic mass is 9.95. The van der Waals surface area contributed by atoms with Gasteiger partial charge in [0.1, 0.15) is 11.6 Å². The van der Waals surface area contributed by atoms with Crippen LogP contribution in [-0.4, -0.2) is 14.5 Å². The quantitative estimate of drug-likeness (QED) is 0.501. The van der Waals surface area contributed by atoms with Gasteiger partial charge in [0.2, 0.25) is 0 Å². The van der Waals surface area contributed by atoms with Gasteiger partial charge in [-0.3, -0.25) is 4.98 Å². The van der Waals surface area contributed by atoms with E-state index in [0.717, 1.165) is 29.8 Å². The molecule has 1 aromatic carbocycles. The Hall–Kier alpha value is -2.05. The van der Waals surface area contributed by atoms with Crippen molar-refractivity contribution in [2.45, 2.75) is 31.7 Å². The van der Waals surface area contributed by atoms with Crippen molar-refractivity contribution in [3.05, 3.63) is 80.6 Å². The molecule has 1 atom stereocenters. The number of benzene rings is 1. The van der Waals surface area contributed by atoms with Crippen LogP contribution in [0.25, 0.3) is 0 Å². The van der Waals surface area contributed by atoms with E-state index in [1.807, 2.05) is 22.9 Å². The molecule has 0 saturated heterocycles.